The lowest BCUT2D eigenvalue weighted by Gasteiger charge is -2.34. The Kier molecular flexibility index (Phi) is 3.32. The van der Waals surface area contributed by atoms with Crippen molar-refractivity contribution in [2.24, 2.45) is 5.92 Å². The molecule has 3 fully saturated rings. The molecular weight excluding hydrogens is 228 g/mol. The number of likely N-dealkylation sites (tertiary alicyclic amines) is 2. The fourth-order valence-electron chi connectivity index (χ4n) is 4.19. The maximum absolute atomic E-state index is 12.2. The van der Waals surface area contributed by atoms with Crippen LogP contribution in [0.5, 0.6) is 0 Å². The van der Waals surface area contributed by atoms with Crippen LogP contribution in [0.2, 0.25) is 0 Å². The van der Waals surface area contributed by atoms with Crippen LogP contribution in [0.25, 0.3) is 0 Å². The lowest BCUT2D eigenvalue weighted by atomic mass is 9.93. The average Bonchev–Trinajstić information content (AvgIpc) is 3.02. The van der Waals surface area contributed by atoms with E-state index in [9.17, 15) is 9.90 Å². The standard InChI is InChI=1S/C14H24N2O2/c1-15-9-7-12(14(15)18)16-8-3-5-11(16)10-4-2-6-13(10)17/h10-13,17H,2-9H2,1H3. The first-order chi connectivity index (χ1) is 8.68. The summed E-state index contributed by atoms with van der Waals surface area (Å²) in [6.45, 7) is 1.93. The molecule has 2 aliphatic heterocycles. The number of hydrogen-bond acceptors (Lipinski definition) is 3. The fraction of sp³-hybridized carbons (Fsp3) is 0.929. The maximum atomic E-state index is 12.2. The number of aliphatic hydroxyl groups is 1. The monoisotopic (exact) mass is 252 g/mol. The van der Waals surface area contributed by atoms with Gasteiger partial charge in [-0.25, -0.2) is 0 Å². The second-order valence-electron chi connectivity index (χ2n) is 6.17. The van der Waals surface area contributed by atoms with E-state index >= 15 is 0 Å². The zero-order chi connectivity index (χ0) is 12.7. The van der Waals surface area contributed by atoms with Gasteiger partial charge in [0.1, 0.15) is 0 Å². The van der Waals surface area contributed by atoms with E-state index in [0.29, 0.717) is 12.0 Å². The normalized spacial score (nSPS) is 42.1. The molecule has 1 amide bonds. The molecule has 4 nitrogen and oxygen atoms in total. The third-order valence-electron chi connectivity index (χ3n) is 5.17. The second-order valence-corrected chi connectivity index (χ2v) is 6.17. The van der Waals surface area contributed by atoms with E-state index < -0.39 is 0 Å². The Balaban J connectivity index is 1.73. The van der Waals surface area contributed by atoms with Gasteiger partial charge in [0.15, 0.2) is 0 Å². The fourth-order valence-corrected chi connectivity index (χ4v) is 4.19. The van der Waals surface area contributed by atoms with Gasteiger partial charge in [-0.2, -0.15) is 0 Å². The van der Waals surface area contributed by atoms with Gasteiger partial charge in [0.2, 0.25) is 5.91 Å². The molecular formula is C14H24N2O2. The predicted molar refractivity (Wildman–Crippen MR) is 69.1 cm³/mol. The van der Waals surface area contributed by atoms with E-state index in [1.54, 1.807) is 0 Å². The molecule has 0 spiro atoms. The van der Waals surface area contributed by atoms with Crippen LogP contribution in [0.1, 0.15) is 38.5 Å². The summed E-state index contributed by atoms with van der Waals surface area (Å²) >= 11 is 0. The molecule has 102 valence electrons. The molecule has 4 atom stereocenters. The number of likely N-dealkylation sites (N-methyl/N-ethyl adjacent to an activating group) is 1. The third kappa shape index (κ3) is 1.95. The summed E-state index contributed by atoms with van der Waals surface area (Å²) in [6.07, 6.45) is 6.41. The lowest BCUT2D eigenvalue weighted by molar-refractivity contribution is -0.131. The van der Waals surface area contributed by atoms with Gasteiger partial charge >= 0.3 is 0 Å². The van der Waals surface area contributed by atoms with Crippen LogP contribution in [0, 0.1) is 5.92 Å². The van der Waals surface area contributed by atoms with Crippen LogP contribution >= 0.6 is 0 Å². The highest BCUT2D eigenvalue weighted by atomic mass is 16.3. The predicted octanol–water partition coefficient (Wildman–Crippen LogP) is 0.842. The van der Waals surface area contributed by atoms with Gasteiger partial charge in [0.25, 0.3) is 0 Å². The summed E-state index contributed by atoms with van der Waals surface area (Å²) < 4.78 is 0. The van der Waals surface area contributed by atoms with Crippen molar-refractivity contribution in [3.8, 4) is 0 Å². The molecule has 0 radical (unpaired) electrons. The van der Waals surface area contributed by atoms with E-state index in [-0.39, 0.29) is 18.1 Å². The molecule has 1 N–H and O–H groups in total. The van der Waals surface area contributed by atoms with Crippen molar-refractivity contribution in [2.45, 2.75) is 56.7 Å². The maximum Gasteiger partial charge on any atom is 0.239 e. The summed E-state index contributed by atoms with van der Waals surface area (Å²) in [6, 6.07) is 0.540. The summed E-state index contributed by atoms with van der Waals surface area (Å²) in [5.74, 6) is 0.695. The Morgan fingerprint density at radius 3 is 2.56 bits per heavy atom. The zero-order valence-corrected chi connectivity index (χ0v) is 11.2. The Morgan fingerprint density at radius 2 is 1.94 bits per heavy atom. The van der Waals surface area contributed by atoms with E-state index in [1.165, 1.54) is 6.42 Å². The molecule has 4 heteroatoms. The van der Waals surface area contributed by atoms with Crippen LogP contribution < -0.4 is 0 Å². The third-order valence-corrected chi connectivity index (χ3v) is 5.17. The smallest absolute Gasteiger partial charge is 0.239 e. The highest BCUT2D eigenvalue weighted by molar-refractivity contribution is 5.83. The zero-order valence-electron chi connectivity index (χ0n) is 11.2. The minimum Gasteiger partial charge on any atom is -0.393 e. The van der Waals surface area contributed by atoms with Gasteiger partial charge in [-0.15, -0.1) is 0 Å². The van der Waals surface area contributed by atoms with Gasteiger partial charge in [0, 0.05) is 25.6 Å². The van der Waals surface area contributed by atoms with E-state index in [4.69, 9.17) is 0 Å². The Bertz CT molecular complexity index is 334. The molecule has 2 heterocycles. The molecule has 0 aromatic rings. The minimum atomic E-state index is -0.134. The largest absolute Gasteiger partial charge is 0.393 e. The molecule has 0 aromatic heterocycles. The van der Waals surface area contributed by atoms with Crippen LogP contribution in [0.4, 0.5) is 0 Å². The molecule has 4 unspecified atom stereocenters. The number of rotatable bonds is 2. The Morgan fingerprint density at radius 1 is 1.11 bits per heavy atom. The van der Waals surface area contributed by atoms with Crippen LogP contribution in [-0.4, -0.2) is 59.1 Å². The van der Waals surface area contributed by atoms with Gasteiger partial charge in [-0.05, 0) is 38.6 Å². The molecule has 18 heavy (non-hydrogen) atoms. The average molecular weight is 252 g/mol. The van der Waals surface area contributed by atoms with Gasteiger partial charge in [-0.1, -0.05) is 6.42 Å². The van der Waals surface area contributed by atoms with Gasteiger partial charge in [-0.3, -0.25) is 9.69 Å². The van der Waals surface area contributed by atoms with Crippen LogP contribution in [0.15, 0.2) is 0 Å². The Hall–Kier alpha value is -0.610. The first-order valence-corrected chi connectivity index (χ1v) is 7.37. The summed E-state index contributed by atoms with van der Waals surface area (Å²) in [5, 5.41) is 10.1. The molecule has 2 saturated heterocycles. The van der Waals surface area contributed by atoms with Crippen LogP contribution in [-0.2, 0) is 4.79 Å². The first kappa shape index (κ1) is 12.4. The number of aliphatic hydroxyl groups excluding tert-OH is 1. The van der Waals surface area contributed by atoms with E-state index in [1.807, 2.05) is 11.9 Å². The van der Waals surface area contributed by atoms with Crippen molar-refractivity contribution in [1.82, 2.24) is 9.80 Å². The first-order valence-electron chi connectivity index (χ1n) is 7.37. The molecule has 0 aromatic carbocycles. The van der Waals surface area contributed by atoms with Gasteiger partial charge < -0.3 is 10.0 Å². The molecule has 1 saturated carbocycles. The van der Waals surface area contributed by atoms with Crippen molar-refractivity contribution >= 4 is 5.91 Å². The highest BCUT2D eigenvalue weighted by Gasteiger charge is 2.44. The summed E-state index contributed by atoms with van der Waals surface area (Å²) in [4.78, 5) is 16.4. The number of carbonyl (C=O) groups excluding carboxylic acids is 1. The van der Waals surface area contributed by atoms with E-state index in [2.05, 4.69) is 4.90 Å². The van der Waals surface area contributed by atoms with Gasteiger partial charge in [0.05, 0.1) is 12.1 Å². The molecule has 3 rings (SSSR count). The van der Waals surface area contributed by atoms with Crippen molar-refractivity contribution < 1.29 is 9.90 Å². The van der Waals surface area contributed by atoms with E-state index in [0.717, 1.165) is 45.2 Å². The summed E-state index contributed by atoms with van der Waals surface area (Å²) in [7, 11) is 1.90. The Labute approximate surface area is 109 Å². The van der Waals surface area contributed by atoms with Crippen molar-refractivity contribution in [1.29, 1.82) is 0 Å². The van der Waals surface area contributed by atoms with Crippen molar-refractivity contribution in [3.05, 3.63) is 0 Å². The molecule has 0 bridgehead atoms. The molecule has 3 aliphatic rings. The second kappa shape index (κ2) is 4.82. The highest BCUT2D eigenvalue weighted by Crippen LogP contribution is 2.37. The number of hydrogen-bond donors (Lipinski definition) is 1. The minimum absolute atomic E-state index is 0.0929. The topological polar surface area (TPSA) is 43.8 Å². The van der Waals surface area contributed by atoms with Crippen molar-refractivity contribution in [2.75, 3.05) is 20.1 Å². The number of carbonyl (C=O) groups is 1. The number of amides is 1. The SMILES string of the molecule is CN1CCC(N2CCCC2C2CCCC2O)C1=O. The summed E-state index contributed by atoms with van der Waals surface area (Å²) in [5.41, 5.74) is 0. The lowest BCUT2D eigenvalue weighted by Crippen LogP contribution is -2.47. The number of nitrogens with zero attached hydrogens (tertiary/aromatic N) is 2. The van der Waals surface area contributed by atoms with Crippen LogP contribution in [0.3, 0.4) is 0 Å². The van der Waals surface area contributed by atoms with Crippen molar-refractivity contribution in [3.63, 3.8) is 0 Å². The quantitative estimate of drug-likeness (QED) is 0.792. The molecule has 1 aliphatic carbocycles.